The second kappa shape index (κ2) is 3.85. The van der Waals surface area contributed by atoms with E-state index < -0.39 is 6.04 Å². The number of nitrogens with zero attached hydrogens (tertiary/aromatic N) is 2. The predicted octanol–water partition coefficient (Wildman–Crippen LogP) is 0.633. The van der Waals surface area contributed by atoms with Crippen LogP contribution in [-0.2, 0) is 4.74 Å². The van der Waals surface area contributed by atoms with E-state index in [1.807, 2.05) is 13.0 Å². The maximum Gasteiger partial charge on any atom is 0.199 e. The molecule has 2 atom stereocenters. The van der Waals surface area contributed by atoms with Gasteiger partial charge in [0.1, 0.15) is 19.2 Å². The predicted molar refractivity (Wildman–Crippen MR) is 43.9 cm³/mol. The molecule has 2 unspecified atom stereocenters. The van der Waals surface area contributed by atoms with E-state index in [1.165, 1.54) is 0 Å². The minimum absolute atomic E-state index is 0.292. The molecule has 0 spiro atoms. The Bertz CT molecular complexity index is 186. The standard InChI is InChI=1S/C8H14N2O2/c1-2-3-10(11)4-5-12-7-8(10)6-9/h8H,2-5,7H2,1H3. The Morgan fingerprint density at radius 3 is 3.08 bits per heavy atom. The van der Waals surface area contributed by atoms with E-state index in [9.17, 15) is 5.21 Å². The third-order valence-electron chi connectivity index (χ3n) is 2.21. The third-order valence-corrected chi connectivity index (χ3v) is 2.21. The first-order valence-corrected chi connectivity index (χ1v) is 4.28. The fraction of sp³-hybridized carbons (Fsp3) is 0.875. The molecule has 4 nitrogen and oxygen atoms in total. The lowest BCUT2D eigenvalue weighted by atomic mass is 10.2. The van der Waals surface area contributed by atoms with Crippen molar-refractivity contribution in [2.75, 3.05) is 26.3 Å². The van der Waals surface area contributed by atoms with Gasteiger partial charge in [0.15, 0.2) is 6.04 Å². The molecule has 0 amide bonds. The van der Waals surface area contributed by atoms with E-state index in [1.54, 1.807) is 0 Å². The van der Waals surface area contributed by atoms with Gasteiger partial charge in [-0.3, -0.25) is 0 Å². The monoisotopic (exact) mass is 170 g/mol. The van der Waals surface area contributed by atoms with Crippen molar-refractivity contribution in [3.8, 4) is 6.07 Å². The van der Waals surface area contributed by atoms with Crippen molar-refractivity contribution >= 4 is 0 Å². The van der Waals surface area contributed by atoms with E-state index >= 15 is 0 Å². The number of quaternary nitrogens is 1. The van der Waals surface area contributed by atoms with E-state index in [-0.39, 0.29) is 4.65 Å². The molecular weight excluding hydrogens is 156 g/mol. The highest BCUT2D eigenvalue weighted by molar-refractivity contribution is 4.86. The largest absolute Gasteiger partial charge is 0.632 e. The van der Waals surface area contributed by atoms with E-state index in [0.29, 0.717) is 26.3 Å². The van der Waals surface area contributed by atoms with E-state index in [4.69, 9.17) is 10.00 Å². The smallest absolute Gasteiger partial charge is 0.199 e. The zero-order chi connectivity index (χ0) is 9.03. The topological polar surface area (TPSA) is 56.1 Å². The number of morpholine rings is 1. The van der Waals surface area contributed by atoms with E-state index in [0.717, 1.165) is 6.42 Å². The van der Waals surface area contributed by atoms with Crippen LogP contribution < -0.4 is 0 Å². The van der Waals surface area contributed by atoms with Crippen LogP contribution in [0.4, 0.5) is 0 Å². The SMILES string of the molecule is CCC[N+]1([O-])CCOCC1C#N. The summed E-state index contributed by atoms with van der Waals surface area (Å²) in [7, 11) is 0. The normalized spacial score (nSPS) is 35.9. The third kappa shape index (κ3) is 1.75. The number of ether oxygens (including phenoxy) is 1. The van der Waals surface area contributed by atoms with Crippen molar-refractivity contribution in [3.05, 3.63) is 5.21 Å². The van der Waals surface area contributed by atoms with Crippen LogP contribution in [0.15, 0.2) is 0 Å². The number of rotatable bonds is 2. The van der Waals surface area contributed by atoms with Gasteiger partial charge >= 0.3 is 0 Å². The molecule has 4 heteroatoms. The van der Waals surface area contributed by atoms with Gasteiger partial charge in [0, 0.05) is 0 Å². The summed E-state index contributed by atoms with van der Waals surface area (Å²) in [6.45, 7) is 3.69. The van der Waals surface area contributed by atoms with Crippen molar-refractivity contribution < 1.29 is 9.38 Å². The summed E-state index contributed by atoms with van der Waals surface area (Å²) < 4.78 is 4.69. The maximum atomic E-state index is 11.9. The number of hydrogen-bond acceptors (Lipinski definition) is 3. The van der Waals surface area contributed by atoms with Crippen molar-refractivity contribution in [1.82, 2.24) is 0 Å². The Balaban J connectivity index is 2.63. The molecule has 1 heterocycles. The summed E-state index contributed by atoms with van der Waals surface area (Å²) in [5, 5.41) is 20.6. The minimum atomic E-state index is -0.515. The molecule has 1 rings (SSSR count). The Morgan fingerprint density at radius 1 is 1.75 bits per heavy atom. The van der Waals surface area contributed by atoms with Crippen molar-refractivity contribution in [3.63, 3.8) is 0 Å². The van der Waals surface area contributed by atoms with Crippen molar-refractivity contribution in [1.29, 1.82) is 5.26 Å². The van der Waals surface area contributed by atoms with E-state index in [2.05, 4.69) is 0 Å². The Kier molecular flexibility index (Phi) is 3.04. The molecule has 1 fully saturated rings. The highest BCUT2D eigenvalue weighted by atomic mass is 16.6. The van der Waals surface area contributed by atoms with Gasteiger partial charge in [0.05, 0.1) is 13.2 Å². The lowest BCUT2D eigenvalue weighted by Crippen LogP contribution is -2.57. The summed E-state index contributed by atoms with van der Waals surface area (Å²) in [4.78, 5) is 0. The molecule has 0 aromatic rings. The molecule has 0 aromatic carbocycles. The van der Waals surface area contributed by atoms with Crippen LogP contribution in [0.3, 0.4) is 0 Å². The minimum Gasteiger partial charge on any atom is -0.632 e. The summed E-state index contributed by atoms with van der Waals surface area (Å²) in [5.74, 6) is 0. The molecule has 0 radical (unpaired) electrons. The molecular formula is C8H14N2O2. The van der Waals surface area contributed by atoms with Gasteiger partial charge in [0.2, 0.25) is 0 Å². The number of hydrogen-bond donors (Lipinski definition) is 0. The lowest BCUT2D eigenvalue weighted by molar-refractivity contribution is -0.905. The average Bonchev–Trinajstić information content (AvgIpc) is 2.05. The highest BCUT2D eigenvalue weighted by Crippen LogP contribution is 2.16. The van der Waals surface area contributed by atoms with Gasteiger partial charge in [-0.25, -0.2) is 0 Å². The fourth-order valence-electron chi connectivity index (χ4n) is 1.49. The first-order chi connectivity index (χ1) is 5.73. The number of nitriles is 1. The maximum absolute atomic E-state index is 11.9. The zero-order valence-electron chi connectivity index (χ0n) is 7.32. The van der Waals surface area contributed by atoms with Gasteiger partial charge in [-0.05, 0) is 6.42 Å². The molecule has 0 saturated carbocycles. The second-order valence-electron chi connectivity index (χ2n) is 3.12. The lowest BCUT2D eigenvalue weighted by Gasteiger charge is -2.48. The van der Waals surface area contributed by atoms with Crippen LogP contribution in [0.5, 0.6) is 0 Å². The van der Waals surface area contributed by atoms with Gasteiger partial charge in [-0.2, -0.15) is 5.26 Å². The Morgan fingerprint density at radius 2 is 2.50 bits per heavy atom. The fourth-order valence-corrected chi connectivity index (χ4v) is 1.49. The molecule has 1 aliphatic heterocycles. The van der Waals surface area contributed by atoms with Crippen LogP contribution in [-0.4, -0.2) is 37.0 Å². The summed E-state index contributed by atoms with van der Waals surface area (Å²) in [6.07, 6.45) is 0.821. The Labute approximate surface area is 72.5 Å². The molecule has 0 bridgehead atoms. The Hall–Kier alpha value is -0.630. The zero-order valence-corrected chi connectivity index (χ0v) is 7.32. The molecule has 0 aliphatic carbocycles. The van der Waals surface area contributed by atoms with Gasteiger partial charge in [-0.15, -0.1) is 0 Å². The average molecular weight is 170 g/mol. The highest BCUT2D eigenvalue weighted by Gasteiger charge is 2.31. The first-order valence-electron chi connectivity index (χ1n) is 4.28. The number of hydroxylamine groups is 3. The van der Waals surface area contributed by atoms with Crippen LogP contribution in [0.25, 0.3) is 0 Å². The quantitative estimate of drug-likeness (QED) is 0.451. The molecule has 1 aliphatic rings. The van der Waals surface area contributed by atoms with Crippen molar-refractivity contribution in [2.45, 2.75) is 19.4 Å². The van der Waals surface area contributed by atoms with Crippen LogP contribution in [0.1, 0.15) is 13.3 Å². The molecule has 1 saturated heterocycles. The van der Waals surface area contributed by atoms with Gasteiger partial charge in [0.25, 0.3) is 0 Å². The summed E-state index contributed by atoms with van der Waals surface area (Å²) in [5.41, 5.74) is 0. The molecule has 68 valence electrons. The molecule has 0 N–H and O–H groups in total. The second-order valence-corrected chi connectivity index (χ2v) is 3.12. The molecule has 0 aromatic heterocycles. The van der Waals surface area contributed by atoms with Crippen LogP contribution in [0.2, 0.25) is 0 Å². The van der Waals surface area contributed by atoms with Crippen molar-refractivity contribution in [2.24, 2.45) is 0 Å². The van der Waals surface area contributed by atoms with Crippen LogP contribution in [0, 0.1) is 16.5 Å². The van der Waals surface area contributed by atoms with Gasteiger partial charge in [-0.1, -0.05) is 6.92 Å². The first kappa shape index (κ1) is 9.46. The van der Waals surface area contributed by atoms with Crippen LogP contribution >= 0.6 is 0 Å². The molecule has 12 heavy (non-hydrogen) atoms. The summed E-state index contributed by atoms with van der Waals surface area (Å²) in [6, 6.07) is 1.50. The van der Waals surface area contributed by atoms with Gasteiger partial charge < -0.3 is 14.6 Å². The summed E-state index contributed by atoms with van der Waals surface area (Å²) >= 11 is 0.